The van der Waals surface area contributed by atoms with Crippen molar-refractivity contribution in [3.8, 4) is 6.07 Å². The van der Waals surface area contributed by atoms with E-state index in [0.29, 0.717) is 5.56 Å². The molecule has 20 heavy (non-hydrogen) atoms. The van der Waals surface area contributed by atoms with Gasteiger partial charge in [-0.1, -0.05) is 6.07 Å². The number of rotatable bonds is 3. The Kier molecular flexibility index (Phi) is 3.57. The second-order valence-electron chi connectivity index (χ2n) is 3.93. The molecule has 0 amide bonds. The summed E-state index contributed by atoms with van der Waals surface area (Å²) < 4.78 is 13.9. The van der Waals surface area contributed by atoms with E-state index in [-0.39, 0.29) is 17.8 Å². The van der Waals surface area contributed by atoms with Gasteiger partial charge in [-0.2, -0.15) is 10.4 Å². The van der Waals surface area contributed by atoms with E-state index < -0.39 is 17.3 Å². The number of nitriles is 1. The first kappa shape index (κ1) is 13.4. The zero-order chi connectivity index (χ0) is 14.7. The van der Waals surface area contributed by atoms with Crippen LogP contribution in [-0.4, -0.2) is 20.9 Å². The summed E-state index contributed by atoms with van der Waals surface area (Å²) >= 11 is 0. The van der Waals surface area contributed by atoms with Gasteiger partial charge in [0.25, 0.3) is 5.56 Å². The van der Waals surface area contributed by atoms with Gasteiger partial charge in [0, 0.05) is 6.07 Å². The van der Waals surface area contributed by atoms with Crippen molar-refractivity contribution in [1.82, 2.24) is 9.78 Å². The van der Waals surface area contributed by atoms with Crippen LogP contribution in [-0.2, 0) is 6.54 Å². The SMILES string of the molecule is N#Cc1cc(F)ccc1Cn1nc(C(=O)O)ccc1=O. The Morgan fingerprint density at radius 3 is 2.80 bits per heavy atom. The van der Waals surface area contributed by atoms with Crippen molar-refractivity contribution in [2.24, 2.45) is 0 Å². The Balaban J connectivity index is 2.45. The van der Waals surface area contributed by atoms with E-state index >= 15 is 0 Å². The van der Waals surface area contributed by atoms with Crippen molar-refractivity contribution in [2.45, 2.75) is 6.54 Å². The van der Waals surface area contributed by atoms with Crippen LogP contribution in [0.5, 0.6) is 0 Å². The van der Waals surface area contributed by atoms with Gasteiger partial charge in [0.15, 0.2) is 5.69 Å². The van der Waals surface area contributed by atoms with Crippen molar-refractivity contribution < 1.29 is 14.3 Å². The lowest BCUT2D eigenvalue weighted by Crippen LogP contribution is -2.25. The maximum atomic E-state index is 13.0. The van der Waals surface area contributed by atoms with Gasteiger partial charge in [0.2, 0.25) is 0 Å². The third kappa shape index (κ3) is 2.70. The molecule has 6 nitrogen and oxygen atoms in total. The molecule has 0 spiro atoms. The third-order valence-electron chi connectivity index (χ3n) is 2.60. The fourth-order valence-corrected chi connectivity index (χ4v) is 1.63. The van der Waals surface area contributed by atoms with E-state index in [2.05, 4.69) is 5.10 Å². The average molecular weight is 273 g/mol. The normalized spacial score (nSPS) is 10.0. The van der Waals surface area contributed by atoms with Gasteiger partial charge in [-0.25, -0.2) is 13.9 Å². The summed E-state index contributed by atoms with van der Waals surface area (Å²) in [6.45, 7) is -0.108. The minimum Gasteiger partial charge on any atom is -0.476 e. The van der Waals surface area contributed by atoms with Gasteiger partial charge in [-0.15, -0.1) is 0 Å². The molecule has 100 valence electrons. The molecule has 0 atom stereocenters. The number of halogens is 1. The molecule has 2 rings (SSSR count). The first-order chi connectivity index (χ1) is 9.51. The highest BCUT2D eigenvalue weighted by atomic mass is 19.1. The van der Waals surface area contributed by atoms with Crippen LogP contribution in [0.1, 0.15) is 21.6 Å². The summed E-state index contributed by atoms with van der Waals surface area (Å²) in [5.74, 6) is -1.83. The number of hydrogen-bond donors (Lipinski definition) is 1. The van der Waals surface area contributed by atoms with Crippen LogP contribution in [0.4, 0.5) is 4.39 Å². The van der Waals surface area contributed by atoms with Crippen molar-refractivity contribution in [3.05, 3.63) is 63.3 Å². The van der Waals surface area contributed by atoms with Crippen LogP contribution in [0.2, 0.25) is 0 Å². The molecule has 0 saturated heterocycles. The maximum absolute atomic E-state index is 13.0. The Hall–Kier alpha value is -3.01. The van der Waals surface area contributed by atoms with Crippen LogP contribution in [0, 0.1) is 17.1 Å². The lowest BCUT2D eigenvalue weighted by Gasteiger charge is -2.07. The number of carboxylic acid groups (broad SMARTS) is 1. The van der Waals surface area contributed by atoms with Crippen LogP contribution in [0.25, 0.3) is 0 Å². The molecule has 2 aromatic rings. The van der Waals surface area contributed by atoms with Crippen molar-refractivity contribution in [2.75, 3.05) is 0 Å². The molecular weight excluding hydrogens is 265 g/mol. The fraction of sp³-hybridized carbons (Fsp3) is 0.0769. The lowest BCUT2D eigenvalue weighted by molar-refractivity contribution is 0.0687. The van der Waals surface area contributed by atoms with E-state index in [4.69, 9.17) is 10.4 Å². The van der Waals surface area contributed by atoms with Crippen LogP contribution in [0.3, 0.4) is 0 Å². The highest BCUT2D eigenvalue weighted by molar-refractivity contribution is 5.84. The molecule has 0 unspecified atom stereocenters. The van der Waals surface area contributed by atoms with Crippen LogP contribution >= 0.6 is 0 Å². The van der Waals surface area contributed by atoms with Crippen molar-refractivity contribution in [3.63, 3.8) is 0 Å². The number of hydrogen-bond acceptors (Lipinski definition) is 4. The highest BCUT2D eigenvalue weighted by Crippen LogP contribution is 2.11. The van der Waals surface area contributed by atoms with E-state index in [0.717, 1.165) is 28.9 Å². The van der Waals surface area contributed by atoms with Gasteiger partial charge in [-0.05, 0) is 23.8 Å². The summed E-state index contributed by atoms with van der Waals surface area (Å²) in [4.78, 5) is 22.4. The second-order valence-corrected chi connectivity index (χ2v) is 3.93. The average Bonchev–Trinajstić information content (AvgIpc) is 2.42. The molecule has 0 bridgehead atoms. The Labute approximate surface area is 112 Å². The molecule has 7 heteroatoms. The summed E-state index contributed by atoms with van der Waals surface area (Å²) in [7, 11) is 0. The fourth-order valence-electron chi connectivity index (χ4n) is 1.63. The molecule has 0 saturated carbocycles. The smallest absolute Gasteiger partial charge is 0.356 e. The predicted octanol–water partition coefficient (Wildman–Crippen LogP) is 1.00. The molecule has 0 aliphatic rings. The first-order valence-corrected chi connectivity index (χ1v) is 5.51. The maximum Gasteiger partial charge on any atom is 0.356 e. The summed E-state index contributed by atoms with van der Waals surface area (Å²) in [6.07, 6.45) is 0. The van der Waals surface area contributed by atoms with E-state index in [1.807, 2.05) is 6.07 Å². The number of carboxylic acids is 1. The molecular formula is C13H8FN3O3. The summed E-state index contributed by atoms with van der Waals surface area (Å²) in [5, 5.41) is 21.4. The number of nitrogens with zero attached hydrogens (tertiary/aromatic N) is 3. The van der Waals surface area contributed by atoms with Gasteiger partial charge >= 0.3 is 5.97 Å². The van der Waals surface area contributed by atoms with Crippen molar-refractivity contribution in [1.29, 1.82) is 5.26 Å². The Morgan fingerprint density at radius 1 is 1.40 bits per heavy atom. The monoisotopic (exact) mass is 273 g/mol. The standard InChI is InChI=1S/C13H8FN3O3/c14-10-2-1-8(9(5-10)6-15)7-17-12(18)4-3-11(16-17)13(19)20/h1-5H,7H2,(H,19,20). The molecule has 1 N–H and O–H groups in total. The summed E-state index contributed by atoms with van der Waals surface area (Å²) in [5.41, 5.74) is -0.348. The van der Waals surface area contributed by atoms with Gasteiger partial charge in [0.05, 0.1) is 18.2 Å². The van der Waals surface area contributed by atoms with E-state index in [9.17, 15) is 14.0 Å². The molecule has 1 aromatic heterocycles. The molecule has 0 aliphatic carbocycles. The van der Waals surface area contributed by atoms with E-state index in [1.165, 1.54) is 6.07 Å². The van der Waals surface area contributed by atoms with Gasteiger partial charge in [-0.3, -0.25) is 4.79 Å². The van der Waals surface area contributed by atoms with Crippen LogP contribution in [0.15, 0.2) is 35.1 Å². The minimum absolute atomic E-state index is 0.0689. The van der Waals surface area contributed by atoms with Crippen molar-refractivity contribution >= 4 is 5.97 Å². The molecule has 0 radical (unpaired) electrons. The Bertz CT molecular complexity index is 777. The third-order valence-corrected chi connectivity index (χ3v) is 2.60. The number of aromatic carboxylic acids is 1. The second kappa shape index (κ2) is 5.32. The zero-order valence-corrected chi connectivity index (χ0v) is 10.1. The largest absolute Gasteiger partial charge is 0.476 e. The number of benzene rings is 1. The quantitative estimate of drug-likeness (QED) is 0.899. The van der Waals surface area contributed by atoms with Gasteiger partial charge < -0.3 is 5.11 Å². The molecule has 1 heterocycles. The highest BCUT2D eigenvalue weighted by Gasteiger charge is 2.10. The minimum atomic E-state index is -1.27. The summed E-state index contributed by atoms with van der Waals surface area (Å²) in [6, 6.07) is 7.54. The molecule has 0 aliphatic heterocycles. The topological polar surface area (TPSA) is 96.0 Å². The zero-order valence-electron chi connectivity index (χ0n) is 10.1. The Morgan fingerprint density at radius 2 is 2.15 bits per heavy atom. The number of carbonyl (C=O) groups is 1. The number of aromatic nitrogens is 2. The molecule has 0 fully saturated rings. The molecule has 1 aromatic carbocycles. The van der Waals surface area contributed by atoms with Gasteiger partial charge in [0.1, 0.15) is 5.82 Å². The van der Waals surface area contributed by atoms with Crippen LogP contribution < -0.4 is 5.56 Å². The first-order valence-electron chi connectivity index (χ1n) is 5.51. The van der Waals surface area contributed by atoms with E-state index in [1.54, 1.807) is 0 Å². The predicted molar refractivity (Wildman–Crippen MR) is 65.7 cm³/mol. The lowest BCUT2D eigenvalue weighted by atomic mass is 10.1.